The molecule has 0 aliphatic rings. The SMILES string of the molecule is CC[C](CCC#N)[SiH](C(C)C)C(C)C. The minimum atomic E-state index is -0.761. The van der Waals surface area contributed by atoms with E-state index in [4.69, 9.17) is 5.26 Å². The summed E-state index contributed by atoms with van der Waals surface area (Å²) in [5.41, 5.74) is 3.39. The van der Waals surface area contributed by atoms with Crippen LogP contribution in [0.25, 0.3) is 0 Å². The first kappa shape index (κ1) is 13.7. The fourth-order valence-electron chi connectivity index (χ4n) is 2.51. The molecule has 0 rings (SSSR count). The Labute approximate surface area is 91.1 Å². The highest BCUT2D eigenvalue weighted by molar-refractivity contribution is 6.67. The number of nitrogens with zero attached hydrogens (tertiary/aromatic N) is 1. The molecule has 0 aromatic rings. The van der Waals surface area contributed by atoms with Gasteiger partial charge in [0.2, 0.25) is 0 Å². The van der Waals surface area contributed by atoms with Gasteiger partial charge in [-0.1, -0.05) is 52.1 Å². The van der Waals surface area contributed by atoms with Crippen molar-refractivity contribution in [1.29, 1.82) is 5.26 Å². The lowest BCUT2D eigenvalue weighted by atomic mass is 10.2. The van der Waals surface area contributed by atoms with Crippen LogP contribution in [0.5, 0.6) is 0 Å². The van der Waals surface area contributed by atoms with Crippen LogP contribution >= 0.6 is 0 Å². The summed E-state index contributed by atoms with van der Waals surface area (Å²) in [4.78, 5) is 0. The molecule has 0 aliphatic carbocycles. The highest BCUT2D eigenvalue weighted by Gasteiger charge is 2.27. The number of nitriles is 1. The lowest BCUT2D eigenvalue weighted by Crippen LogP contribution is -2.29. The van der Waals surface area contributed by atoms with Gasteiger partial charge in [0, 0.05) is 15.2 Å². The molecular weight excluding hydrogens is 186 g/mol. The molecule has 1 nitrogen and oxygen atoms in total. The molecule has 1 radical (unpaired) electrons. The largest absolute Gasteiger partial charge is 0.198 e. The van der Waals surface area contributed by atoms with Gasteiger partial charge in [0.1, 0.15) is 0 Å². The molecule has 0 aromatic heterocycles. The molecule has 81 valence electrons. The van der Waals surface area contributed by atoms with E-state index in [0.29, 0.717) is 6.42 Å². The Balaban J connectivity index is 4.35. The van der Waals surface area contributed by atoms with Crippen molar-refractivity contribution in [1.82, 2.24) is 0 Å². The van der Waals surface area contributed by atoms with Crippen LogP contribution in [0, 0.1) is 16.9 Å². The summed E-state index contributed by atoms with van der Waals surface area (Å²) < 4.78 is 0. The highest BCUT2D eigenvalue weighted by atomic mass is 28.3. The smallest absolute Gasteiger partial charge is 0.0621 e. The molecule has 0 amide bonds. The summed E-state index contributed by atoms with van der Waals surface area (Å²) in [6.07, 6.45) is 2.96. The third kappa shape index (κ3) is 4.28. The Bertz CT molecular complexity index is 173. The quantitative estimate of drug-likeness (QED) is 0.611. The normalized spacial score (nSPS) is 11.7. The van der Waals surface area contributed by atoms with Crippen LogP contribution in [0.2, 0.25) is 11.1 Å². The second kappa shape index (κ2) is 7.06. The molecule has 0 heterocycles. The maximum atomic E-state index is 8.62. The zero-order chi connectivity index (χ0) is 11.1. The maximum Gasteiger partial charge on any atom is 0.0621 e. The van der Waals surface area contributed by atoms with Gasteiger partial charge < -0.3 is 0 Å². The summed E-state index contributed by atoms with van der Waals surface area (Å²) in [5.74, 6) is 0. The van der Waals surface area contributed by atoms with Gasteiger partial charge >= 0.3 is 0 Å². The van der Waals surface area contributed by atoms with Gasteiger partial charge in [0.05, 0.1) is 6.07 Å². The van der Waals surface area contributed by atoms with Gasteiger partial charge in [-0.15, -0.1) is 0 Å². The third-order valence-electron chi connectivity index (χ3n) is 2.92. The molecule has 14 heavy (non-hydrogen) atoms. The van der Waals surface area contributed by atoms with Gasteiger partial charge in [-0.05, 0) is 12.0 Å². The van der Waals surface area contributed by atoms with Crippen LogP contribution in [0.3, 0.4) is 0 Å². The van der Waals surface area contributed by atoms with Gasteiger partial charge in [-0.2, -0.15) is 5.26 Å². The zero-order valence-electron chi connectivity index (χ0n) is 10.3. The molecule has 0 aliphatic heterocycles. The van der Waals surface area contributed by atoms with E-state index < -0.39 is 8.80 Å². The van der Waals surface area contributed by atoms with Gasteiger partial charge in [-0.25, -0.2) is 0 Å². The fourth-order valence-corrected chi connectivity index (χ4v) is 6.88. The Hall–Kier alpha value is -0.293. The van der Waals surface area contributed by atoms with E-state index in [1.54, 1.807) is 5.54 Å². The van der Waals surface area contributed by atoms with E-state index >= 15 is 0 Å². The van der Waals surface area contributed by atoms with E-state index in [0.717, 1.165) is 17.5 Å². The lowest BCUT2D eigenvalue weighted by Gasteiger charge is -2.30. The predicted molar refractivity (Wildman–Crippen MR) is 65.7 cm³/mol. The van der Waals surface area contributed by atoms with Crippen molar-refractivity contribution in [3.8, 4) is 6.07 Å². The minimum Gasteiger partial charge on any atom is -0.198 e. The van der Waals surface area contributed by atoms with Crippen LogP contribution in [-0.2, 0) is 0 Å². The van der Waals surface area contributed by atoms with Crippen LogP contribution in [0.15, 0.2) is 0 Å². The molecule has 0 bridgehead atoms. The second-order valence-electron chi connectivity index (χ2n) is 4.68. The summed E-state index contributed by atoms with van der Waals surface area (Å²) in [6.45, 7) is 11.6. The first-order valence-electron chi connectivity index (χ1n) is 5.76. The van der Waals surface area contributed by atoms with Gasteiger partial charge in [0.25, 0.3) is 0 Å². The molecule has 0 fully saturated rings. The first-order chi connectivity index (χ1) is 6.54. The van der Waals surface area contributed by atoms with Crippen molar-refractivity contribution in [2.45, 2.75) is 65.0 Å². The van der Waals surface area contributed by atoms with E-state index in [1.807, 2.05) is 0 Å². The van der Waals surface area contributed by atoms with Crippen LogP contribution < -0.4 is 0 Å². The number of rotatable bonds is 6. The maximum absolute atomic E-state index is 8.62. The Morgan fingerprint density at radius 2 is 1.71 bits per heavy atom. The lowest BCUT2D eigenvalue weighted by molar-refractivity contribution is 0.808. The number of hydrogen-bond acceptors (Lipinski definition) is 1. The summed E-state index contributed by atoms with van der Waals surface area (Å²) in [5, 5.41) is 8.62. The van der Waals surface area contributed by atoms with Gasteiger partial charge in [-0.3, -0.25) is 0 Å². The zero-order valence-corrected chi connectivity index (χ0v) is 11.5. The molecule has 2 heteroatoms. The van der Waals surface area contributed by atoms with Crippen molar-refractivity contribution in [2.24, 2.45) is 0 Å². The molecular formula is C12H24NSi. The van der Waals surface area contributed by atoms with Gasteiger partial charge in [0.15, 0.2) is 0 Å². The molecule has 0 aromatic carbocycles. The van der Waals surface area contributed by atoms with E-state index in [1.165, 1.54) is 6.42 Å². The van der Waals surface area contributed by atoms with E-state index in [2.05, 4.69) is 40.7 Å². The van der Waals surface area contributed by atoms with Crippen LogP contribution in [-0.4, -0.2) is 8.80 Å². The Morgan fingerprint density at radius 1 is 1.21 bits per heavy atom. The first-order valence-corrected chi connectivity index (χ1v) is 7.67. The topological polar surface area (TPSA) is 23.8 Å². The van der Waals surface area contributed by atoms with E-state index in [9.17, 15) is 0 Å². The third-order valence-corrected chi connectivity index (χ3v) is 7.43. The molecule has 0 N–H and O–H groups in total. The Kier molecular flexibility index (Phi) is 6.91. The van der Waals surface area contributed by atoms with Crippen molar-refractivity contribution in [3.05, 3.63) is 5.54 Å². The van der Waals surface area contributed by atoms with Crippen LogP contribution in [0.4, 0.5) is 0 Å². The molecule has 0 saturated carbocycles. The average molecular weight is 210 g/mol. The summed E-state index contributed by atoms with van der Waals surface area (Å²) in [6, 6.07) is 2.27. The Morgan fingerprint density at radius 3 is 2.00 bits per heavy atom. The number of hydrogen-bond donors (Lipinski definition) is 0. The molecule has 0 unspecified atom stereocenters. The average Bonchev–Trinajstić information content (AvgIpc) is 2.10. The van der Waals surface area contributed by atoms with Crippen molar-refractivity contribution >= 4 is 8.80 Å². The van der Waals surface area contributed by atoms with Crippen molar-refractivity contribution in [3.63, 3.8) is 0 Å². The predicted octanol–water partition coefficient (Wildman–Crippen LogP) is 3.86. The van der Waals surface area contributed by atoms with E-state index in [-0.39, 0.29) is 0 Å². The summed E-state index contributed by atoms with van der Waals surface area (Å²) >= 11 is 0. The fraction of sp³-hybridized carbons (Fsp3) is 0.833. The molecule has 0 spiro atoms. The second-order valence-corrected chi connectivity index (χ2v) is 9.22. The van der Waals surface area contributed by atoms with Crippen LogP contribution in [0.1, 0.15) is 53.9 Å². The highest BCUT2D eigenvalue weighted by Crippen LogP contribution is 2.32. The van der Waals surface area contributed by atoms with Crippen molar-refractivity contribution < 1.29 is 0 Å². The minimum absolute atomic E-state index is 0.714. The van der Waals surface area contributed by atoms with Crippen molar-refractivity contribution in [2.75, 3.05) is 0 Å². The summed E-state index contributed by atoms with van der Waals surface area (Å²) in [7, 11) is -0.761. The molecule has 0 saturated heterocycles. The standard InChI is InChI=1S/C12H24NSi/c1-6-12(8-7-9-13)14(10(2)3)11(4)5/h10-11,14H,6-8H2,1-5H3. The monoisotopic (exact) mass is 210 g/mol. The molecule has 0 atom stereocenters.